The number of carbonyl (C=O) groups is 2. The standard InChI is InChI=1S/C9H18N2O5S/c1-3-16-9(13)5-4-8(12)10-6-7-11-17(2,14)15/h11H,3-7H2,1-2H3,(H,10,12). The van der Waals surface area contributed by atoms with Crippen molar-refractivity contribution < 1.29 is 22.7 Å². The van der Waals surface area contributed by atoms with Crippen LogP contribution >= 0.6 is 0 Å². The molecule has 0 spiro atoms. The molecule has 0 aromatic rings. The van der Waals surface area contributed by atoms with Crippen LogP contribution in [0.5, 0.6) is 0 Å². The molecule has 0 aliphatic carbocycles. The fourth-order valence-corrected chi connectivity index (χ4v) is 1.45. The SMILES string of the molecule is CCOC(=O)CCC(=O)NCCNS(C)(=O)=O. The summed E-state index contributed by atoms with van der Waals surface area (Å²) in [5, 5.41) is 2.48. The van der Waals surface area contributed by atoms with E-state index in [0.717, 1.165) is 6.26 Å². The zero-order valence-corrected chi connectivity index (χ0v) is 10.8. The largest absolute Gasteiger partial charge is 0.466 e. The van der Waals surface area contributed by atoms with Gasteiger partial charge in [-0.2, -0.15) is 0 Å². The maximum Gasteiger partial charge on any atom is 0.306 e. The van der Waals surface area contributed by atoms with Crippen LogP contribution < -0.4 is 10.0 Å². The van der Waals surface area contributed by atoms with Gasteiger partial charge in [-0.3, -0.25) is 9.59 Å². The first-order chi connectivity index (χ1) is 7.85. The lowest BCUT2D eigenvalue weighted by Crippen LogP contribution is -2.34. The van der Waals surface area contributed by atoms with E-state index < -0.39 is 16.0 Å². The van der Waals surface area contributed by atoms with E-state index in [4.69, 9.17) is 0 Å². The zero-order valence-electron chi connectivity index (χ0n) is 9.99. The molecule has 0 bridgehead atoms. The van der Waals surface area contributed by atoms with Crippen LogP contribution in [0.4, 0.5) is 0 Å². The number of nitrogens with one attached hydrogen (secondary N) is 2. The molecule has 0 radical (unpaired) electrons. The van der Waals surface area contributed by atoms with Gasteiger partial charge in [-0.1, -0.05) is 0 Å². The molecule has 0 atom stereocenters. The molecule has 0 saturated heterocycles. The second-order valence-corrected chi connectivity index (χ2v) is 5.15. The smallest absolute Gasteiger partial charge is 0.306 e. The quantitative estimate of drug-likeness (QED) is 0.433. The average molecular weight is 266 g/mol. The van der Waals surface area contributed by atoms with E-state index in [-0.39, 0.29) is 31.8 Å². The minimum atomic E-state index is -3.23. The number of sulfonamides is 1. The van der Waals surface area contributed by atoms with Crippen molar-refractivity contribution in [1.29, 1.82) is 0 Å². The Morgan fingerprint density at radius 1 is 1.18 bits per heavy atom. The van der Waals surface area contributed by atoms with Gasteiger partial charge in [0.25, 0.3) is 0 Å². The number of ether oxygens (including phenoxy) is 1. The van der Waals surface area contributed by atoms with Gasteiger partial charge in [0.1, 0.15) is 0 Å². The van der Waals surface area contributed by atoms with E-state index in [9.17, 15) is 18.0 Å². The van der Waals surface area contributed by atoms with Gasteiger partial charge >= 0.3 is 5.97 Å². The monoisotopic (exact) mass is 266 g/mol. The lowest BCUT2D eigenvalue weighted by molar-refractivity contribution is -0.144. The molecule has 1 amide bonds. The van der Waals surface area contributed by atoms with Crippen LogP contribution in [0.2, 0.25) is 0 Å². The Morgan fingerprint density at radius 2 is 1.82 bits per heavy atom. The Balaban J connectivity index is 3.57. The summed E-state index contributed by atoms with van der Waals surface area (Å²) < 4.78 is 28.2. The predicted octanol–water partition coefficient (Wildman–Crippen LogP) is -1.00. The first-order valence-corrected chi connectivity index (χ1v) is 7.11. The van der Waals surface area contributed by atoms with Crippen molar-refractivity contribution in [3.8, 4) is 0 Å². The number of carbonyl (C=O) groups excluding carboxylic acids is 2. The number of hydrogen-bond donors (Lipinski definition) is 2. The fraction of sp³-hybridized carbons (Fsp3) is 0.778. The van der Waals surface area contributed by atoms with Gasteiger partial charge < -0.3 is 10.1 Å². The molecular formula is C9H18N2O5S. The summed E-state index contributed by atoms with van der Waals surface area (Å²) in [5.41, 5.74) is 0. The van der Waals surface area contributed by atoms with Gasteiger partial charge in [0.05, 0.1) is 19.3 Å². The zero-order chi connectivity index (χ0) is 13.3. The molecule has 0 unspecified atom stereocenters. The Hall–Kier alpha value is -1.15. The highest BCUT2D eigenvalue weighted by Gasteiger charge is 2.07. The van der Waals surface area contributed by atoms with Crippen LogP contribution in [0.1, 0.15) is 19.8 Å². The summed E-state index contributed by atoms with van der Waals surface area (Å²) in [6.45, 7) is 2.30. The molecule has 17 heavy (non-hydrogen) atoms. The molecule has 7 nitrogen and oxygen atoms in total. The highest BCUT2D eigenvalue weighted by Crippen LogP contribution is 1.92. The summed E-state index contributed by atoms with van der Waals surface area (Å²) in [7, 11) is -3.23. The topological polar surface area (TPSA) is 102 Å². The normalized spacial score (nSPS) is 10.9. The first kappa shape index (κ1) is 15.9. The van der Waals surface area contributed by atoms with E-state index in [1.54, 1.807) is 6.92 Å². The summed E-state index contributed by atoms with van der Waals surface area (Å²) >= 11 is 0. The number of amides is 1. The minimum Gasteiger partial charge on any atom is -0.466 e. The second kappa shape index (κ2) is 8.02. The maximum atomic E-state index is 11.2. The van der Waals surface area contributed by atoms with Crippen molar-refractivity contribution in [2.24, 2.45) is 0 Å². The Bertz CT molecular complexity index is 352. The van der Waals surface area contributed by atoms with Crippen LogP contribution in [0.25, 0.3) is 0 Å². The van der Waals surface area contributed by atoms with Crippen LogP contribution in [0.3, 0.4) is 0 Å². The highest BCUT2D eigenvalue weighted by atomic mass is 32.2. The van der Waals surface area contributed by atoms with Gasteiger partial charge in [-0.05, 0) is 6.92 Å². The third kappa shape index (κ3) is 11.1. The molecule has 0 aromatic heterocycles. The molecule has 100 valence electrons. The van der Waals surface area contributed by atoms with Gasteiger partial charge in [-0.15, -0.1) is 0 Å². The molecule has 0 rings (SSSR count). The van der Waals surface area contributed by atoms with Crippen molar-refractivity contribution in [3.63, 3.8) is 0 Å². The lowest BCUT2D eigenvalue weighted by Gasteiger charge is -2.05. The van der Waals surface area contributed by atoms with Crippen LogP contribution in [-0.4, -0.2) is 46.2 Å². The number of hydrogen-bond acceptors (Lipinski definition) is 5. The highest BCUT2D eigenvalue weighted by molar-refractivity contribution is 7.88. The molecule has 0 aromatic carbocycles. The van der Waals surface area contributed by atoms with E-state index in [1.807, 2.05) is 0 Å². The van der Waals surface area contributed by atoms with Gasteiger partial charge in [-0.25, -0.2) is 13.1 Å². The minimum absolute atomic E-state index is 0.0270. The summed E-state index contributed by atoms with van der Waals surface area (Å²) in [4.78, 5) is 22.1. The predicted molar refractivity (Wildman–Crippen MR) is 61.7 cm³/mol. The molecule has 0 aliphatic heterocycles. The fourth-order valence-electron chi connectivity index (χ4n) is 0.975. The van der Waals surface area contributed by atoms with Gasteiger partial charge in [0.2, 0.25) is 15.9 Å². The second-order valence-electron chi connectivity index (χ2n) is 3.32. The Labute approximate surface area is 101 Å². The Morgan fingerprint density at radius 3 is 2.35 bits per heavy atom. The summed E-state index contributed by atoms with van der Waals surface area (Å²) in [6.07, 6.45) is 1.10. The van der Waals surface area contributed by atoms with Crippen molar-refractivity contribution in [2.45, 2.75) is 19.8 Å². The average Bonchev–Trinajstić information content (AvgIpc) is 2.21. The molecule has 0 fully saturated rings. The molecular weight excluding hydrogens is 248 g/mol. The molecule has 2 N–H and O–H groups in total. The Kier molecular flexibility index (Phi) is 7.47. The first-order valence-electron chi connectivity index (χ1n) is 5.22. The van der Waals surface area contributed by atoms with E-state index in [2.05, 4.69) is 14.8 Å². The summed E-state index contributed by atoms with van der Waals surface area (Å²) in [5.74, 6) is -0.731. The van der Waals surface area contributed by atoms with Crippen molar-refractivity contribution >= 4 is 21.9 Å². The molecule has 0 saturated carbocycles. The van der Waals surface area contributed by atoms with Crippen molar-refractivity contribution in [1.82, 2.24) is 10.0 Å². The number of esters is 1. The van der Waals surface area contributed by atoms with E-state index >= 15 is 0 Å². The van der Waals surface area contributed by atoms with Crippen molar-refractivity contribution in [3.05, 3.63) is 0 Å². The van der Waals surface area contributed by atoms with Gasteiger partial charge in [0.15, 0.2) is 0 Å². The van der Waals surface area contributed by atoms with Crippen LogP contribution in [0, 0.1) is 0 Å². The lowest BCUT2D eigenvalue weighted by atomic mass is 10.3. The van der Waals surface area contributed by atoms with Crippen molar-refractivity contribution in [2.75, 3.05) is 26.0 Å². The van der Waals surface area contributed by atoms with E-state index in [0.29, 0.717) is 6.61 Å². The van der Waals surface area contributed by atoms with Crippen LogP contribution in [0.15, 0.2) is 0 Å². The summed E-state index contributed by atoms with van der Waals surface area (Å²) in [6, 6.07) is 0. The van der Waals surface area contributed by atoms with E-state index in [1.165, 1.54) is 0 Å². The molecule has 0 aliphatic rings. The molecule has 0 heterocycles. The third-order valence-corrected chi connectivity index (χ3v) is 2.40. The number of rotatable bonds is 8. The van der Waals surface area contributed by atoms with Crippen LogP contribution in [-0.2, 0) is 24.3 Å². The maximum absolute atomic E-state index is 11.2. The van der Waals surface area contributed by atoms with Gasteiger partial charge in [0, 0.05) is 19.5 Å². The third-order valence-electron chi connectivity index (χ3n) is 1.67. The molecule has 8 heteroatoms.